The number of hydrogen-bond acceptors (Lipinski definition) is 4. The molecule has 152 valence electrons. The van der Waals surface area contributed by atoms with Crippen molar-refractivity contribution in [1.82, 2.24) is 9.78 Å². The first kappa shape index (κ1) is 20.7. The van der Waals surface area contributed by atoms with Gasteiger partial charge in [-0.25, -0.2) is 13.1 Å². The molecule has 0 amide bonds. The number of thioether (sulfide) groups is 1. The van der Waals surface area contributed by atoms with Gasteiger partial charge >= 0.3 is 0 Å². The Morgan fingerprint density at radius 3 is 2.23 bits per heavy atom. The summed E-state index contributed by atoms with van der Waals surface area (Å²) in [7, 11) is -3.26. The quantitative estimate of drug-likeness (QED) is 0.348. The second kappa shape index (κ2) is 8.30. The molecule has 4 aromatic rings. The average Bonchev–Trinajstić information content (AvgIpc) is 3.19. The summed E-state index contributed by atoms with van der Waals surface area (Å²) in [5.41, 5.74) is 4.49. The van der Waals surface area contributed by atoms with E-state index in [0.717, 1.165) is 33.1 Å². The molecule has 0 aliphatic rings. The van der Waals surface area contributed by atoms with Crippen LogP contribution in [0.4, 0.5) is 0 Å². The summed E-state index contributed by atoms with van der Waals surface area (Å²) in [6, 6.07) is 24.6. The van der Waals surface area contributed by atoms with Gasteiger partial charge in [0.2, 0.25) is 0 Å². The van der Waals surface area contributed by atoms with Crippen molar-refractivity contribution < 1.29 is 8.42 Å². The van der Waals surface area contributed by atoms with Gasteiger partial charge in [0.05, 0.1) is 22.0 Å². The molecular formula is C23H19ClN2O2S2. The molecule has 0 saturated heterocycles. The Morgan fingerprint density at radius 2 is 1.60 bits per heavy atom. The van der Waals surface area contributed by atoms with Gasteiger partial charge in [-0.15, -0.1) is 11.8 Å². The third kappa shape index (κ3) is 4.31. The summed E-state index contributed by atoms with van der Waals surface area (Å²) >= 11 is 7.71. The average molecular weight is 455 g/mol. The van der Waals surface area contributed by atoms with Gasteiger partial charge in [0.15, 0.2) is 9.84 Å². The van der Waals surface area contributed by atoms with E-state index in [0.29, 0.717) is 5.02 Å². The van der Waals surface area contributed by atoms with E-state index in [2.05, 4.69) is 12.1 Å². The van der Waals surface area contributed by atoms with Crippen LogP contribution in [0, 0.1) is 0 Å². The van der Waals surface area contributed by atoms with E-state index in [-0.39, 0.29) is 4.90 Å². The zero-order valence-electron chi connectivity index (χ0n) is 16.4. The minimum Gasteiger partial charge on any atom is -0.232 e. The molecule has 0 unspecified atom stereocenters. The van der Waals surface area contributed by atoms with Crippen molar-refractivity contribution in [2.75, 3.05) is 12.5 Å². The molecule has 1 heterocycles. The zero-order chi connectivity index (χ0) is 21.3. The van der Waals surface area contributed by atoms with Crippen LogP contribution in [0.25, 0.3) is 28.2 Å². The first-order chi connectivity index (χ1) is 14.3. The number of halogens is 1. The Bertz CT molecular complexity index is 1300. The fraction of sp³-hybridized carbons (Fsp3) is 0.0870. The zero-order valence-corrected chi connectivity index (χ0v) is 18.8. The fourth-order valence-electron chi connectivity index (χ4n) is 3.16. The number of benzene rings is 3. The summed E-state index contributed by atoms with van der Waals surface area (Å²) < 4.78 is 25.5. The summed E-state index contributed by atoms with van der Waals surface area (Å²) in [6.07, 6.45) is 3.24. The smallest absolute Gasteiger partial charge is 0.175 e. The Kier molecular flexibility index (Phi) is 5.73. The Labute approximate surface area is 185 Å². The Morgan fingerprint density at radius 1 is 0.900 bits per heavy atom. The lowest BCUT2D eigenvalue weighted by Gasteiger charge is -2.09. The van der Waals surface area contributed by atoms with Crippen LogP contribution in [0.2, 0.25) is 5.02 Å². The van der Waals surface area contributed by atoms with Crippen LogP contribution in [0.15, 0.2) is 88.7 Å². The van der Waals surface area contributed by atoms with Gasteiger partial charge in [-0.05, 0) is 60.9 Å². The van der Waals surface area contributed by atoms with Crippen LogP contribution >= 0.6 is 23.4 Å². The lowest BCUT2D eigenvalue weighted by atomic mass is 10.1. The molecule has 0 saturated carbocycles. The molecule has 0 spiro atoms. The largest absolute Gasteiger partial charge is 0.232 e. The van der Waals surface area contributed by atoms with Crippen molar-refractivity contribution in [2.24, 2.45) is 0 Å². The van der Waals surface area contributed by atoms with E-state index in [1.807, 2.05) is 53.4 Å². The van der Waals surface area contributed by atoms with E-state index in [4.69, 9.17) is 16.7 Å². The highest BCUT2D eigenvalue weighted by atomic mass is 35.5. The van der Waals surface area contributed by atoms with Gasteiger partial charge < -0.3 is 0 Å². The summed E-state index contributed by atoms with van der Waals surface area (Å²) in [5, 5.41) is 5.49. The molecule has 30 heavy (non-hydrogen) atoms. The Hall–Kier alpha value is -2.54. The van der Waals surface area contributed by atoms with Crippen LogP contribution in [-0.4, -0.2) is 30.7 Å². The van der Waals surface area contributed by atoms with Crippen molar-refractivity contribution in [1.29, 1.82) is 0 Å². The van der Waals surface area contributed by atoms with Crippen molar-refractivity contribution in [2.45, 2.75) is 9.79 Å². The van der Waals surface area contributed by atoms with Gasteiger partial charge in [-0.3, -0.25) is 0 Å². The number of nitrogens with zero attached hydrogens (tertiary/aromatic N) is 2. The highest BCUT2D eigenvalue weighted by Gasteiger charge is 2.15. The standard InChI is InChI=1S/C23H19ClN2O2S2/c1-29-20-5-3-4-17(14-20)23-15-22(16-6-8-18(24)9-7-16)25-26(23)19-10-12-21(13-11-19)30(2,27)28/h3-15H,1-2H3. The molecular weight excluding hydrogens is 436 g/mol. The first-order valence-corrected chi connectivity index (χ1v) is 12.7. The summed E-state index contributed by atoms with van der Waals surface area (Å²) in [6.45, 7) is 0. The fourth-order valence-corrected chi connectivity index (χ4v) is 4.38. The summed E-state index contributed by atoms with van der Waals surface area (Å²) in [5.74, 6) is 0. The van der Waals surface area contributed by atoms with E-state index in [1.165, 1.54) is 6.26 Å². The number of hydrogen-bond donors (Lipinski definition) is 0. The van der Waals surface area contributed by atoms with Crippen LogP contribution in [0.3, 0.4) is 0 Å². The van der Waals surface area contributed by atoms with Crippen LogP contribution < -0.4 is 0 Å². The number of rotatable bonds is 5. The lowest BCUT2D eigenvalue weighted by molar-refractivity contribution is 0.602. The third-order valence-electron chi connectivity index (χ3n) is 4.72. The molecule has 3 aromatic carbocycles. The second-order valence-electron chi connectivity index (χ2n) is 6.83. The number of sulfone groups is 1. The molecule has 0 radical (unpaired) electrons. The van der Waals surface area contributed by atoms with Crippen LogP contribution in [0.1, 0.15) is 0 Å². The second-order valence-corrected chi connectivity index (χ2v) is 10.2. The highest BCUT2D eigenvalue weighted by molar-refractivity contribution is 7.98. The summed E-state index contributed by atoms with van der Waals surface area (Å²) in [4.78, 5) is 1.43. The van der Waals surface area contributed by atoms with Gasteiger partial charge in [-0.1, -0.05) is 35.9 Å². The van der Waals surface area contributed by atoms with E-state index >= 15 is 0 Å². The van der Waals surface area contributed by atoms with Gasteiger partial charge in [0.25, 0.3) is 0 Å². The van der Waals surface area contributed by atoms with E-state index < -0.39 is 9.84 Å². The van der Waals surface area contributed by atoms with Crippen molar-refractivity contribution in [3.63, 3.8) is 0 Å². The Balaban J connectivity index is 1.88. The predicted octanol–water partition coefficient (Wildman–Crippen LogP) is 5.99. The van der Waals surface area contributed by atoms with Gasteiger partial charge in [0, 0.05) is 27.3 Å². The lowest BCUT2D eigenvalue weighted by Crippen LogP contribution is -2.01. The molecule has 0 aliphatic heterocycles. The van der Waals surface area contributed by atoms with E-state index in [1.54, 1.807) is 36.0 Å². The number of aromatic nitrogens is 2. The molecule has 7 heteroatoms. The third-order valence-corrected chi connectivity index (χ3v) is 6.83. The molecule has 0 aliphatic carbocycles. The van der Waals surface area contributed by atoms with Crippen molar-refractivity contribution >= 4 is 33.2 Å². The van der Waals surface area contributed by atoms with Gasteiger partial charge in [0.1, 0.15) is 0 Å². The molecule has 0 atom stereocenters. The predicted molar refractivity (Wildman–Crippen MR) is 124 cm³/mol. The molecule has 4 rings (SSSR count). The van der Waals surface area contributed by atoms with Gasteiger partial charge in [-0.2, -0.15) is 5.10 Å². The minimum absolute atomic E-state index is 0.280. The maximum atomic E-state index is 11.8. The molecule has 0 bridgehead atoms. The molecule has 1 aromatic heterocycles. The molecule has 0 N–H and O–H groups in total. The first-order valence-electron chi connectivity index (χ1n) is 9.16. The molecule has 4 nitrogen and oxygen atoms in total. The monoisotopic (exact) mass is 454 g/mol. The highest BCUT2D eigenvalue weighted by Crippen LogP contribution is 2.31. The normalized spacial score (nSPS) is 11.6. The SMILES string of the molecule is CSc1cccc(-c2cc(-c3ccc(Cl)cc3)nn2-c2ccc(S(C)(=O)=O)cc2)c1. The van der Waals surface area contributed by atoms with E-state index in [9.17, 15) is 8.42 Å². The van der Waals surface area contributed by atoms with Crippen molar-refractivity contribution in [3.8, 4) is 28.2 Å². The van der Waals surface area contributed by atoms with Crippen LogP contribution in [0.5, 0.6) is 0 Å². The minimum atomic E-state index is -3.26. The maximum Gasteiger partial charge on any atom is 0.175 e. The topological polar surface area (TPSA) is 52.0 Å². The maximum absolute atomic E-state index is 11.8. The van der Waals surface area contributed by atoms with Crippen LogP contribution in [-0.2, 0) is 9.84 Å². The van der Waals surface area contributed by atoms with Crippen molar-refractivity contribution in [3.05, 3.63) is 83.9 Å². The molecule has 0 fully saturated rings.